The molecule has 6 nitrogen and oxygen atoms in total. The van der Waals surface area contributed by atoms with Crippen LogP contribution in [0.1, 0.15) is 53.3 Å². The topological polar surface area (TPSA) is 84.6 Å². The molecule has 18 heavy (non-hydrogen) atoms. The number of aliphatic hydroxyl groups excluding tert-OH is 1. The van der Waals surface area contributed by atoms with Gasteiger partial charge in [-0.1, -0.05) is 0 Å². The molecule has 2 aliphatic rings. The normalized spacial score (nSPS) is 27.2. The highest BCUT2D eigenvalue weighted by Gasteiger charge is 2.33. The molecule has 2 atom stereocenters. The summed E-state index contributed by atoms with van der Waals surface area (Å²) in [4.78, 5) is 15.5. The van der Waals surface area contributed by atoms with E-state index in [4.69, 9.17) is 4.74 Å². The summed E-state index contributed by atoms with van der Waals surface area (Å²) in [6, 6.07) is 0. The fourth-order valence-electron chi connectivity index (χ4n) is 2.84. The van der Waals surface area contributed by atoms with Gasteiger partial charge < -0.3 is 19.5 Å². The van der Waals surface area contributed by atoms with Crippen LogP contribution in [0.4, 0.5) is 0 Å². The lowest BCUT2D eigenvalue weighted by atomic mass is 10.0. The van der Waals surface area contributed by atoms with Crippen molar-refractivity contribution in [2.45, 2.75) is 37.8 Å². The number of aromatic carboxylic acids is 1. The van der Waals surface area contributed by atoms with E-state index in [1.807, 2.05) is 4.57 Å². The summed E-state index contributed by atoms with van der Waals surface area (Å²) in [6.45, 7) is 2.02. The standard InChI is InChI=1S/C12H16N2O4/c15-8-2-1-4-14-10(8)9(12(16)17)13-11(14)7-3-5-18-6-7/h7-8,15H,1-6H2,(H,16,17). The largest absolute Gasteiger partial charge is 0.476 e. The van der Waals surface area contributed by atoms with E-state index in [0.717, 1.165) is 25.2 Å². The van der Waals surface area contributed by atoms with Gasteiger partial charge in [0, 0.05) is 19.1 Å². The van der Waals surface area contributed by atoms with Gasteiger partial charge in [0.2, 0.25) is 0 Å². The van der Waals surface area contributed by atoms with E-state index < -0.39 is 12.1 Å². The minimum atomic E-state index is -1.06. The molecule has 98 valence electrons. The van der Waals surface area contributed by atoms with E-state index >= 15 is 0 Å². The second-order valence-electron chi connectivity index (χ2n) is 4.88. The van der Waals surface area contributed by atoms with Crippen LogP contribution in [0.2, 0.25) is 0 Å². The molecule has 3 heterocycles. The zero-order chi connectivity index (χ0) is 12.7. The van der Waals surface area contributed by atoms with Crippen LogP contribution >= 0.6 is 0 Å². The fourth-order valence-corrected chi connectivity index (χ4v) is 2.84. The summed E-state index contributed by atoms with van der Waals surface area (Å²) in [6.07, 6.45) is 1.61. The van der Waals surface area contributed by atoms with Crippen molar-refractivity contribution in [3.8, 4) is 0 Å². The molecule has 3 rings (SSSR count). The third-order valence-electron chi connectivity index (χ3n) is 3.71. The Hall–Kier alpha value is -1.40. The van der Waals surface area contributed by atoms with Crippen LogP contribution in [0, 0.1) is 0 Å². The van der Waals surface area contributed by atoms with Gasteiger partial charge in [-0.3, -0.25) is 0 Å². The number of ether oxygens (including phenoxy) is 1. The molecule has 1 saturated heterocycles. The third-order valence-corrected chi connectivity index (χ3v) is 3.71. The molecule has 0 bridgehead atoms. The SMILES string of the molecule is O=C(O)c1nc(C2CCOC2)n2c1C(O)CCC2. The Kier molecular flexibility index (Phi) is 2.83. The van der Waals surface area contributed by atoms with Gasteiger partial charge >= 0.3 is 5.97 Å². The lowest BCUT2D eigenvalue weighted by Gasteiger charge is -2.22. The van der Waals surface area contributed by atoms with E-state index in [1.54, 1.807) is 0 Å². The van der Waals surface area contributed by atoms with E-state index in [1.165, 1.54) is 0 Å². The van der Waals surface area contributed by atoms with Gasteiger partial charge in [-0.15, -0.1) is 0 Å². The van der Waals surface area contributed by atoms with E-state index in [9.17, 15) is 15.0 Å². The number of aromatic nitrogens is 2. The molecular formula is C12H16N2O4. The van der Waals surface area contributed by atoms with Gasteiger partial charge in [-0.2, -0.15) is 0 Å². The van der Waals surface area contributed by atoms with Gasteiger partial charge in [-0.25, -0.2) is 9.78 Å². The maximum absolute atomic E-state index is 11.2. The molecule has 1 aromatic rings. The monoisotopic (exact) mass is 252 g/mol. The van der Waals surface area contributed by atoms with Crippen molar-refractivity contribution < 1.29 is 19.7 Å². The van der Waals surface area contributed by atoms with Gasteiger partial charge in [0.25, 0.3) is 0 Å². The molecule has 0 spiro atoms. The zero-order valence-corrected chi connectivity index (χ0v) is 10.0. The van der Waals surface area contributed by atoms with Crippen LogP contribution < -0.4 is 0 Å². The number of carbonyl (C=O) groups is 1. The van der Waals surface area contributed by atoms with Gasteiger partial charge in [0.1, 0.15) is 5.82 Å². The van der Waals surface area contributed by atoms with Crippen molar-refractivity contribution in [3.05, 3.63) is 17.2 Å². The van der Waals surface area contributed by atoms with Crippen molar-refractivity contribution in [1.82, 2.24) is 9.55 Å². The Balaban J connectivity index is 2.09. The van der Waals surface area contributed by atoms with Crippen LogP contribution in [0.25, 0.3) is 0 Å². The maximum Gasteiger partial charge on any atom is 0.356 e. The lowest BCUT2D eigenvalue weighted by molar-refractivity contribution is 0.0677. The van der Waals surface area contributed by atoms with Crippen molar-refractivity contribution in [2.75, 3.05) is 13.2 Å². The molecule has 0 amide bonds. The molecule has 1 fully saturated rings. The number of hydrogen-bond acceptors (Lipinski definition) is 4. The highest BCUT2D eigenvalue weighted by molar-refractivity contribution is 5.87. The number of hydrogen-bond donors (Lipinski definition) is 2. The Morgan fingerprint density at radius 1 is 1.44 bits per heavy atom. The molecule has 2 aliphatic heterocycles. The van der Waals surface area contributed by atoms with Gasteiger partial charge in [0.15, 0.2) is 5.69 Å². The summed E-state index contributed by atoms with van der Waals surface area (Å²) >= 11 is 0. The van der Waals surface area contributed by atoms with Crippen molar-refractivity contribution in [1.29, 1.82) is 0 Å². The molecule has 0 radical (unpaired) electrons. The second-order valence-corrected chi connectivity index (χ2v) is 4.88. The number of carboxylic acids is 1. The van der Waals surface area contributed by atoms with Crippen LogP contribution in [0.3, 0.4) is 0 Å². The number of imidazole rings is 1. The summed E-state index contributed by atoms with van der Waals surface area (Å²) in [5.41, 5.74) is 0.472. The third kappa shape index (κ3) is 1.72. The molecule has 2 unspecified atom stereocenters. The first-order chi connectivity index (χ1) is 8.68. The molecule has 2 N–H and O–H groups in total. The number of aliphatic hydroxyl groups is 1. The Morgan fingerprint density at radius 2 is 2.28 bits per heavy atom. The van der Waals surface area contributed by atoms with Crippen molar-refractivity contribution in [2.24, 2.45) is 0 Å². The zero-order valence-electron chi connectivity index (χ0n) is 10.0. The van der Waals surface area contributed by atoms with E-state index in [-0.39, 0.29) is 11.6 Å². The summed E-state index contributed by atoms with van der Waals surface area (Å²) < 4.78 is 7.22. The number of fused-ring (bicyclic) bond motifs is 1. The van der Waals surface area contributed by atoms with E-state index in [0.29, 0.717) is 25.3 Å². The average Bonchev–Trinajstić information content (AvgIpc) is 2.95. The first-order valence-electron chi connectivity index (χ1n) is 6.28. The molecule has 6 heteroatoms. The Labute approximate surface area is 104 Å². The van der Waals surface area contributed by atoms with Gasteiger partial charge in [0.05, 0.1) is 18.4 Å². The van der Waals surface area contributed by atoms with Crippen LogP contribution in [-0.4, -0.2) is 38.9 Å². The molecule has 0 aromatic carbocycles. The average molecular weight is 252 g/mol. The predicted octanol–water partition coefficient (Wildman–Crippen LogP) is 0.912. The fraction of sp³-hybridized carbons (Fsp3) is 0.667. The summed E-state index contributed by atoms with van der Waals surface area (Å²) in [5.74, 6) is -0.148. The summed E-state index contributed by atoms with van der Waals surface area (Å²) in [7, 11) is 0. The van der Waals surface area contributed by atoms with Crippen LogP contribution in [0.15, 0.2) is 0 Å². The molecule has 1 aromatic heterocycles. The van der Waals surface area contributed by atoms with Crippen molar-refractivity contribution in [3.63, 3.8) is 0 Å². The Bertz CT molecular complexity index is 477. The smallest absolute Gasteiger partial charge is 0.356 e. The number of carboxylic acid groups (broad SMARTS) is 1. The van der Waals surface area contributed by atoms with Crippen molar-refractivity contribution >= 4 is 5.97 Å². The van der Waals surface area contributed by atoms with E-state index in [2.05, 4.69) is 4.98 Å². The highest BCUT2D eigenvalue weighted by Crippen LogP contribution is 2.34. The Morgan fingerprint density at radius 3 is 2.94 bits per heavy atom. The summed E-state index contributed by atoms with van der Waals surface area (Å²) in [5, 5.41) is 19.2. The minimum Gasteiger partial charge on any atom is -0.476 e. The number of nitrogens with zero attached hydrogens (tertiary/aromatic N) is 2. The maximum atomic E-state index is 11.2. The quantitative estimate of drug-likeness (QED) is 0.817. The first kappa shape index (κ1) is 11.7. The predicted molar refractivity (Wildman–Crippen MR) is 61.6 cm³/mol. The molecule has 0 aliphatic carbocycles. The lowest BCUT2D eigenvalue weighted by Crippen LogP contribution is -2.20. The highest BCUT2D eigenvalue weighted by atomic mass is 16.5. The number of rotatable bonds is 2. The van der Waals surface area contributed by atoms with Crippen LogP contribution in [0.5, 0.6) is 0 Å². The van der Waals surface area contributed by atoms with Crippen LogP contribution in [-0.2, 0) is 11.3 Å². The molecular weight excluding hydrogens is 236 g/mol. The van der Waals surface area contributed by atoms with Gasteiger partial charge in [-0.05, 0) is 19.3 Å². The minimum absolute atomic E-state index is 0.00380. The second kappa shape index (κ2) is 4.37. The molecule has 0 saturated carbocycles. The first-order valence-corrected chi connectivity index (χ1v) is 6.28.